The summed E-state index contributed by atoms with van der Waals surface area (Å²) in [4.78, 5) is 7.28. The highest BCUT2D eigenvalue weighted by molar-refractivity contribution is 7.25. The van der Waals surface area contributed by atoms with Gasteiger partial charge >= 0.3 is 0 Å². The third-order valence-electron chi connectivity index (χ3n) is 11.3. The van der Waals surface area contributed by atoms with Crippen molar-refractivity contribution in [2.45, 2.75) is 0 Å². The lowest BCUT2D eigenvalue weighted by Gasteiger charge is -2.26. The first-order chi connectivity index (χ1) is 28.7. The van der Waals surface area contributed by atoms with Crippen LogP contribution in [-0.2, 0) is 0 Å². The van der Waals surface area contributed by atoms with Crippen molar-refractivity contribution in [1.29, 1.82) is 0 Å². The minimum Gasteiger partial charge on any atom is -0.456 e. The van der Waals surface area contributed by atoms with Gasteiger partial charge in [-0.25, -0.2) is 4.98 Å². The summed E-state index contributed by atoms with van der Waals surface area (Å²) in [5, 5.41) is 7.04. The van der Waals surface area contributed by atoms with Crippen molar-refractivity contribution >= 4 is 92.4 Å². The molecular formula is C53H32N2O2S. The third-order valence-corrected chi connectivity index (χ3v) is 12.5. The molecule has 4 nitrogen and oxygen atoms in total. The molecule has 3 heterocycles. The monoisotopic (exact) mass is 760 g/mol. The van der Waals surface area contributed by atoms with Gasteiger partial charge in [-0.1, -0.05) is 109 Å². The maximum Gasteiger partial charge on any atom is 0.227 e. The lowest BCUT2D eigenvalue weighted by Crippen LogP contribution is -2.09. The van der Waals surface area contributed by atoms with Gasteiger partial charge in [-0.05, 0) is 118 Å². The molecule has 0 saturated heterocycles. The Morgan fingerprint density at radius 2 is 1.07 bits per heavy atom. The summed E-state index contributed by atoms with van der Waals surface area (Å²) < 4.78 is 15.2. The molecule has 0 amide bonds. The maximum atomic E-state index is 6.45. The predicted molar refractivity (Wildman–Crippen MR) is 243 cm³/mol. The van der Waals surface area contributed by atoms with E-state index in [2.05, 4.69) is 157 Å². The largest absolute Gasteiger partial charge is 0.456 e. The van der Waals surface area contributed by atoms with E-state index in [1.54, 1.807) is 0 Å². The molecule has 272 valence electrons. The van der Waals surface area contributed by atoms with Gasteiger partial charge in [0.25, 0.3) is 0 Å². The molecule has 0 saturated carbocycles. The van der Waals surface area contributed by atoms with Crippen LogP contribution in [0.15, 0.2) is 203 Å². The van der Waals surface area contributed by atoms with Crippen LogP contribution in [0, 0.1) is 0 Å². The number of nitrogens with zero attached hydrogens (tertiary/aromatic N) is 2. The summed E-state index contributed by atoms with van der Waals surface area (Å²) in [6.45, 7) is 0. The van der Waals surface area contributed by atoms with Crippen LogP contribution in [-0.4, -0.2) is 4.98 Å². The Balaban J connectivity index is 0.936. The molecule has 0 aliphatic rings. The Kier molecular flexibility index (Phi) is 7.37. The van der Waals surface area contributed by atoms with Gasteiger partial charge in [0.15, 0.2) is 5.58 Å². The first-order valence-electron chi connectivity index (χ1n) is 19.4. The number of hydrogen-bond donors (Lipinski definition) is 0. The number of anilines is 3. The van der Waals surface area contributed by atoms with Crippen molar-refractivity contribution in [2.24, 2.45) is 0 Å². The third kappa shape index (κ3) is 5.32. The highest BCUT2D eigenvalue weighted by Gasteiger charge is 2.19. The number of oxazole rings is 1. The Labute approximate surface area is 337 Å². The minimum atomic E-state index is 0.604. The predicted octanol–water partition coefficient (Wildman–Crippen LogP) is 15.7. The van der Waals surface area contributed by atoms with Crippen LogP contribution in [0.3, 0.4) is 0 Å². The highest BCUT2D eigenvalue weighted by atomic mass is 32.1. The molecule has 0 radical (unpaired) electrons. The standard InChI is InChI=1S/C53H32N2O2S/c1-2-10-36(11-3-1)53-54-52-47(57-53)29-28-46-51(52)44-27-21-37(31-48(44)56-46)33-17-22-38(23-18-33)55(40-26-30-50-45(32-40)43-14-6-7-16-49(43)58-50)39-24-19-35(20-25-39)42-15-8-12-34-9-4-5-13-41(34)42/h1-32H. The van der Waals surface area contributed by atoms with Crippen molar-refractivity contribution < 1.29 is 8.83 Å². The molecule has 0 atom stereocenters. The van der Waals surface area contributed by atoms with Crippen molar-refractivity contribution in [3.8, 4) is 33.7 Å². The number of benzene rings is 9. The van der Waals surface area contributed by atoms with Gasteiger partial charge in [-0.15, -0.1) is 11.3 Å². The summed E-state index contributed by atoms with van der Waals surface area (Å²) in [6, 6.07) is 68.8. The van der Waals surface area contributed by atoms with Gasteiger partial charge in [0, 0.05) is 48.2 Å². The zero-order valence-electron chi connectivity index (χ0n) is 31.1. The van der Waals surface area contributed by atoms with E-state index in [9.17, 15) is 0 Å². The zero-order chi connectivity index (χ0) is 38.2. The summed E-state index contributed by atoms with van der Waals surface area (Å²) in [7, 11) is 0. The van der Waals surface area contributed by atoms with Crippen molar-refractivity contribution in [3.05, 3.63) is 194 Å². The van der Waals surface area contributed by atoms with Gasteiger partial charge in [-0.3, -0.25) is 0 Å². The van der Waals surface area contributed by atoms with Crippen molar-refractivity contribution in [2.75, 3.05) is 4.90 Å². The molecule has 12 rings (SSSR count). The van der Waals surface area contributed by atoms with Gasteiger partial charge < -0.3 is 13.7 Å². The first-order valence-corrected chi connectivity index (χ1v) is 20.2. The number of hydrogen-bond acceptors (Lipinski definition) is 5. The minimum absolute atomic E-state index is 0.604. The van der Waals surface area contributed by atoms with Crippen LogP contribution < -0.4 is 4.90 Å². The fourth-order valence-electron chi connectivity index (χ4n) is 8.51. The van der Waals surface area contributed by atoms with E-state index in [1.807, 2.05) is 53.8 Å². The average molecular weight is 761 g/mol. The van der Waals surface area contributed by atoms with Crippen LogP contribution in [0.25, 0.3) is 97.7 Å². The number of thiophene rings is 1. The van der Waals surface area contributed by atoms with Crippen molar-refractivity contribution in [1.82, 2.24) is 4.98 Å². The lowest BCUT2D eigenvalue weighted by molar-refractivity contribution is 0.619. The van der Waals surface area contributed by atoms with E-state index in [0.29, 0.717) is 5.89 Å². The van der Waals surface area contributed by atoms with Crippen LogP contribution in [0.2, 0.25) is 0 Å². The Bertz CT molecular complexity index is 3500. The quantitative estimate of drug-likeness (QED) is 0.169. The second kappa shape index (κ2) is 13.1. The van der Waals surface area contributed by atoms with Gasteiger partial charge in [0.1, 0.15) is 16.7 Å². The molecule has 0 fully saturated rings. The maximum absolute atomic E-state index is 6.45. The molecule has 3 aromatic heterocycles. The molecule has 0 N–H and O–H groups in total. The van der Waals surface area contributed by atoms with Gasteiger partial charge in [0.2, 0.25) is 5.89 Å². The molecule has 58 heavy (non-hydrogen) atoms. The van der Waals surface area contributed by atoms with Gasteiger partial charge in [0.05, 0.1) is 5.39 Å². The molecule has 0 aliphatic carbocycles. The molecule has 0 spiro atoms. The normalized spacial score (nSPS) is 11.8. The smallest absolute Gasteiger partial charge is 0.227 e. The number of furan rings is 1. The molecule has 12 aromatic rings. The Morgan fingerprint density at radius 3 is 1.91 bits per heavy atom. The van der Waals surface area contributed by atoms with E-state index in [0.717, 1.165) is 66.8 Å². The summed E-state index contributed by atoms with van der Waals surface area (Å²) >= 11 is 1.84. The van der Waals surface area contributed by atoms with E-state index in [1.165, 1.54) is 42.1 Å². The first kappa shape index (κ1) is 32.7. The van der Waals surface area contributed by atoms with Crippen LogP contribution in [0.5, 0.6) is 0 Å². The fourth-order valence-corrected chi connectivity index (χ4v) is 9.59. The zero-order valence-corrected chi connectivity index (χ0v) is 31.9. The molecule has 0 aliphatic heterocycles. The molecular weight excluding hydrogens is 729 g/mol. The lowest BCUT2D eigenvalue weighted by atomic mass is 9.98. The molecule has 0 bridgehead atoms. The highest BCUT2D eigenvalue weighted by Crippen LogP contribution is 2.43. The summed E-state index contributed by atoms with van der Waals surface area (Å²) in [5.74, 6) is 0.604. The Morgan fingerprint density at radius 1 is 0.397 bits per heavy atom. The van der Waals surface area contributed by atoms with Crippen LogP contribution in [0.1, 0.15) is 0 Å². The number of aromatic nitrogens is 1. The fraction of sp³-hybridized carbons (Fsp3) is 0. The SMILES string of the molecule is c1ccc(-c2nc3c(ccc4oc5cc(-c6ccc(N(c7ccc(-c8cccc9ccccc89)cc7)c7ccc8sc9ccccc9c8c7)cc6)ccc5c43)o2)cc1. The van der Waals surface area contributed by atoms with Crippen LogP contribution in [0.4, 0.5) is 17.1 Å². The van der Waals surface area contributed by atoms with E-state index in [4.69, 9.17) is 13.8 Å². The van der Waals surface area contributed by atoms with Gasteiger partial charge in [-0.2, -0.15) is 0 Å². The molecule has 9 aromatic carbocycles. The van der Waals surface area contributed by atoms with E-state index in [-0.39, 0.29) is 0 Å². The average Bonchev–Trinajstić information content (AvgIpc) is 4.00. The van der Waals surface area contributed by atoms with Crippen molar-refractivity contribution in [3.63, 3.8) is 0 Å². The molecule has 5 heteroatoms. The van der Waals surface area contributed by atoms with E-state index < -0.39 is 0 Å². The van der Waals surface area contributed by atoms with E-state index >= 15 is 0 Å². The second-order valence-electron chi connectivity index (χ2n) is 14.7. The topological polar surface area (TPSA) is 42.4 Å². The van der Waals surface area contributed by atoms with Crippen LogP contribution >= 0.6 is 11.3 Å². The summed E-state index contributed by atoms with van der Waals surface area (Å²) in [6.07, 6.45) is 0. The Hall–Kier alpha value is -7.47. The summed E-state index contributed by atoms with van der Waals surface area (Å²) in [5.41, 5.74) is 12.0. The molecule has 0 unspecified atom stereocenters. The number of rotatable bonds is 6. The second-order valence-corrected chi connectivity index (χ2v) is 15.8. The number of fused-ring (bicyclic) bond motifs is 9.